The molecular weight excluding hydrogens is 404 g/mol. The summed E-state index contributed by atoms with van der Waals surface area (Å²) in [5.41, 5.74) is 1.76. The summed E-state index contributed by atoms with van der Waals surface area (Å²) in [6.45, 7) is 0. The molecule has 2 fully saturated rings. The Bertz CT molecular complexity index is 906. The van der Waals surface area contributed by atoms with Crippen molar-refractivity contribution in [1.29, 1.82) is 0 Å². The zero-order chi connectivity index (χ0) is 19.1. The van der Waals surface area contributed by atoms with Gasteiger partial charge in [-0.25, -0.2) is 0 Å². The highest BCUT2D eigenvalue weighted by molar-refractivity contribution is 7.99. The van der Waals surface area contributed by atoms with Crippen LogP contribution in [0.2, 0.25) is 5.02 Å². The van der Waals surface area contributed by atoms with E-state index in [0.29, 0.717) is 27.4 Å². The Balaban J connectivity index is 1.67. The van der Waals surface area contributed by atoms with Gasteiger partial charge in [-0.05, 0) is 54.2 Å². The monoisotopic (exact) mass is 420 g/mol. The number of hydrogen-bond acceptors (Lipinski definition) is 5. The van der Waals surface area contributed by atoms with Gasteiger partial charge in [0.15, 0.2) is 16.6 Å². The van der Waals surface area contributed by atoms with Crippen LogP contribution in [0.15, 0.2) is 42.5 Å². The van der Waals surface area contributed by atoms with Gasteiger partial charge < -0.3 is 14.4 Å². The first-order valence-electron chi connectivity index (χ1n) is 8.30. The van der Waals surface area contributed by atoms with E-state index in [4.69, 9.17) is 33.3 Å². The fraction of sp³-hybridized carbons (Fsp3) is 0.263. The molecule has 8 heteroatoms. The zero-order valence-corrected chi connectivity index (χ0v) is 17.1. The predicted molar refractivity (Wildman–Crippen MR) is 112 cm³/mol. The number of nitrogens with zero attached hydrogens (tertiary/aromatic N) is 2. The largest absolute Gasteiger partial charge is 0.493 e. The summed E-state index contributed by atoms with van der Waals surface area (Å²) in [7, 11) is 3.22. The molecule has 140 valence electrons. The molecule has 2 aliphatic heterocycles. The third kappa shape index (κ3) is 3.03. The lowest BCUT2D eigenvalue weighted by Gasteiger charge is -2.26. The quantitative estimate of drug-likeness (QED) is 0.693. The van der Waals surface area contributed by atoms with E-state index in [1.807, 2.05) is 35.2 Å². The minimum atomic E-state index is -0.267. The molecule has 2 aliphatic rings. The smallest absolute Gasteiger partial charge is 0.257 e. The number of thioether (sulfide) groups is 1. The average Bonchev–Trinajstić information content (AvgIpc) is 3.23. The molecule has 0 bridgehead atoms. The third-order valence-corrected chi connectivity index (χ3v) is 6.66. The molecule has 0 aromatic heterocycles. The second kappa shape index (κ2) is 7.22. The fourth-order valence-electron chi connectivity index (χ4n) is 3.38. The number of thiocarbonyl (C=S) groups is 1. The number of hydrogen-bond donors (Lipinski definition) is 0. The van der Waals surface area contributed by atoms with Crippen molar-refractivity contribution in [2.24, 2.45) is 0 Å². The van der Waals surface area contributed by atoms with Gasteiger partial charge in [-0.1, -0.05) is 17.7 Å². The van der Waals surface area contributed by atoms with E-state index in [1.165, 1.54) is 0 Å². The Hall–Kier alpha value is -1.96. The van der Waals surface area contributed by atoms with Gasteiger partial charge in [-0.2, -0.15) is 0 Å². The van der Waals surface area contributed by atoms with E-state index in [1.54, 1.807) is 43.0 Å². The number of carbonyl (C=O) groups is 1. The molecule has 2 saturated heterocycles. The van der Waals surface area contributed by atoms with Crippen LogP contribution in [-0.2, 0) is 4.79 Å². The molecule has 2 aromatic rings. The molecule has 0 radical (unpaired) electrons. The molecule has 0 N–H and O–H groups in total. The van der Waals surface area contributed by atoms with Crippen molar-refractivity contribution in [2.45, 2.75) is 11.4 Å². The zero-order valence-electron chi connectivity index (χ0n) is 14.7. The Morgan fingerprint density at radius 2 is 1.81 bits per heavy atom. The lowest BCUT2D eigenvalue weighted by molar-refractivity contribution is -0.119. The van der Waals surface area contributed by atoms with Gasteiger partial charge in [-0.15, -0.1) is 11.8 Å². The van der Waals surface area contributed by atoms with Crippen molar-refractivity contribution in [2.75, 3.05) is 24.9 Å². The Labute approximate surface area is 172 Å². The molecule has 0 spiro atoms. The van der Waals surface area contributed by atoms with Gasteiger partial charge in [-0.3, -0.25) is 9.69 Å². The van der Waals surface area contributed by atoms with Crippen molar-refractivity contribution in [3.63, 3.8) is 0 Å². The van der Waals surface area contributed by atoms with E-state index in [2.05, 4.69) is 0 Å². The maximum Gasteiger partial charge on any atom is 0.257 e. The normalized spacial score (nSPS) is 21.6. The second-order valence-electron chi connectivity index (χ2n) is 6.16. The standard InChI is InChI=1S/C19H17ClN2O3S2/c1-24-15-8-3-11(9-16(15)25-2)18-22-14(10-27-18)17(23)21(19(22)26)13-6-4-12(20)5-7-13/h3-9,14,18H,10H2,1-2H3/t14-,18-/m1/s1. The topological polar surface area (TPSA) is 42.0 Å². The number of fused-ring (bicyclic) bond motifs is 1. The van der Waals surface area contributed by atoms with Crippen LogP contribution >= 0.6 is 35.6 Å². The summed E-state index contributed by atoms with van der Waals surface area (Å²) in [6.07, 6.45) is 0. The van der Waals surface area contributed by atoms with Crippen molar-refractivity contribution in [3.05, 3.63) is 53.1 Å². The lowest BCUT2D eigenvalue weighted by Crippen LogP contribution is -2.33. The van der Waals surface area contributed by atoms with Crippen molar-refractivity contribution < 1.29 is 14.3 Å². The number of rotatable bonds is 4. The third-order valence-electron chi connectivity index (χ3n) is 4.70. The number of amides is 1. The minimum Gasteiger partial charge on any atom is -0.493 e. The summed E-state index contributed by atoms with van der Waals surface area (Å²) in [6, 6.07) is 12.7. The molecule has 0 saturated carbocycles. The Morgan fingerprint density at radius 3 is 2.48 bits per heavy atom. The summed E-state index contributed by atoms with van der Waals surface area (Å²) < 4.78 is 10.7. The molecule has 1 amide bonds. The summed E-state index contributed by atoms with van der Waals surface area (Å²) in [4.78, 5) is 16.6. The highest BCUT2D eigenvalue weighted by Crippen LogP contribution is 2.47. The first-order chi connectivity index (χ1) is 13.0. The molecule has 27 heavy (non-hydrogen) atoms. The van der Waals surface area contributed by atoms with E-state index in [9.17, 15) is 4.79 Å². The molecule has 2 aromatic carbocycles. The van der Waals surface area contributed by atoms with Gasteiger partial charge in [0.2, 0.25) is 0 Å². The summed E-state index contributed by atoms with van der Waals surface area (Å²) >= 11 is 13.4. The van der Waals surface area contributed by atoms with Crippen LogP contribution in [0.5, 0.6) is 11.5 Å². The predicted octanol–water partition coefficient (Wildman–Crippen LogP) is 4.10. The number of halogens is 1. The van der Waals surface area contributed by atoms with Crippen molar-refractivity contribution in [3.8, 4) is 11.5 Å². The van der Waals surface area contributed by atoms with E-state index < -0.39 is 0 Å². The fourth-order valence-corrected chi connectivity index (χ4v) is 5.41. The first kappa shape index (κ1) is 18.4. The average molecular weight is 421 g/mol. The minimum absolute atomic E-state index is 0.00204. The molecule has 2 atom stereocenters. The van der Waals surface area contributed by atoms with Crippen LogP contribution in [0.25, 0.3) is 0 Å². The van der Waals surface area contributed by atoms with E-state index in [-0.39, 0.29) is 17.3 Å². The summed E-state index contributed by atoms with van der Waals surface area (Å²) in [5, 5.41) is 1.08. The molecule has 0 unspecified atom stereocenters. The van der Waals surface area contributed by atoms with Crippen molar-refractivity contribution >= 4 is 52.3 Å². The van der Waals surface area contributed by atoms with Gasteiger partial charge in [0, 0.05) is 10.8 Å². The van der Waals surface area contributed by atoms with E-state index >= 15 is 0 Å². The Morgan fingerprint density at radius 1 is 1.11 bits per heavy atom. The SMILES string of the molecule is COc1ccc([C@H]2SC[C@@H]3C(=O)N(c4ccc(Cl)cc4)C(=S)N32)cc1OC. The van der Waals surface area contributed by atoms with Crippen LogP contribution in [0.4, 0.5) is 5.69 Å². The van der Waals surface area contributed by atoms with Crippen LogP contribution in [0.3, 0.4) is 0 Å². The number of benzene rings is 2. The highest BCUT2D eigenvalue weighted by Gasteiger charge is 2.50. The highest BCUT2D eigenvalue weighted by atomic mass is 35.5. The molecule has 2 heterocycles. The summed E-state index contributed by atoms with van der Waals surface area (Å²) in [5.74, 6) is 2.01. The molecular formula is C19H17ClN2O3S2. The van der Waals surface area contributed by atoms with Gasteiger partial charge in [0.1, 0.15) is 11.4 Å². The van der Waals surface area contributed by atoms with Crippen LogP contribution in [0, 0.1) is 0 Å². The second-order valence-corrected chi connectivity index (χ2v) is 8.07. The number of ether oxygens (including phenoxy) is 2. The Kier molecular flexibility index (Phi) is 4.92. The van der Waals surface area contributed by atoms with E-state index in [0.717, 1.165) is 11.3 Å². The maximum atomic E-state index is 13.0. The van der Waals surface area contributed by atoms with Crippen LogP contribution < -0.4 is 14.4 Å². The molecule has 4 rings (SSSR count). The van der Waals surface area contributed by atoms with Gasteiger partial charge >= 0.3 is 0 Å². The molecule has 0 aliphatic carbocycles. The molecule has 5 nitrogen and oxygen atoms in total. The number of methoxy groups -OCH3 is 2. The van der Waals surface area contributed by atoms with Crippen molar-refractivity contribution in [1.82, 2.24) is 4.90 Å². The number of anilines is 1. The first-order valence-corrected chi connectivity index (χ1v) is 10.1. The van der Waals surface area contributed by atoms with Gasteiger partial charge in [0.05, 0.1) is 19.9 Å². The lowest BCUT2D eigenvalue weighted by atomic mass is 10.1. The van der Waals surface area contributed by atoms with Crippen LogP contribution in [0.1, 0.15) is 10.9 Å². The van der Waals surface area contributed by atoms with Gasteiger partial charge in [0.25, 0.3) is 5.91 Å². The maximum absolute atomic E-state index is 13.0. The number of carbonyl (C=O) groups excluding carboxylic acids is 1. The van der Waals surface area contributed by atoms with Crippen LogP contribution in [-0.4, -0.2) is 41.9 Å².